The number of hydrogen-bond acceptors (Lipinski definition) is 7. The molecule has 1 fully saturated rings. The van der Waals surface area contributed by atoms with Crippen molar-refractivity contribution in [2.24, 2.45) is 0 Å². The monoisotopic (exact) mass is 303 g/mol. The van der Waals surface area contributed by atoms with Crippen molar-refractivity contribution in [3.8, 4) is 0 Å². The average molecular weight is 303 g/mol. The van der Waals surface area contributed by atoms with Crippen LogP contribution in [0.15, 0.2) is 16.9 Å². The molecule has 0 spiro atoms. The zero-order chi connectivity index (χ0) is 15.7. The van der Waals surface area contributed by atoms with Gasteiger partial charge >= 0.3 is 5.97 Å². The number of carbonyl (C=O) groups is 1. The standard InChI is InChI=1S/C14H17N5O3/c1-9-17-13(22-18-9)14(2)3-5-19(6-4-14)11-8-15-10(7-16-11)12(20)21/h7-8H,3-6H2,1-2H3,(H,20,21). The summed E-state index contributed by atoms with van der Waals surface area (Å²) in [4.78, 5) is 25.3. The van der Waals surface area contributed by atoms with Crippen molar-refractivity contribution in [1.82, 2.24) is 20.1 Å². The highest BCUT2D eigenvalue weighted by Gasteiger charge is 2.37. The zero-order valence-electron chi connectivity index (χ0n) is 12.5. The Labute approximate surface area is 127 Å². The fourth-order valence-corrected chi connectivity index (χ4v) is 2.58. The minimum atomic E-state index is -1.07. The first-order valence-corrected chi connectivity index (χ1v) is 7.09. The molecule has 0 bridgehead atoms. The molecule has 0 aromatic carbocycles. The molecule has 1 aliphatic rings. The Morgan fingerprint density at radius 2 is 2.05 bits per heavy atom. The lowest BCUT2D eigenvalue weighted by Crippen LogP contribution is -2.41. The van der Waals surface area contributed by atoms with E-state index in [9.17, 15) is 4.79 Å². The van der Waals surface area contributed by atoms with E-state index in [1.54, 1.807) is 0 Å². The van der Waals surface area contributed by atoms with Crippen molar-refractivity contribution in [3.05, 3.63) is 29.8 Å². The molecule has 0 amide bonds. The number of carboxylic acids is 1. The molecule has 3 heterocycles. The van der Waals surface area contributed by atoms with Gasteiger partial charge in [-0.15, -0.1) is 0 Å². The van der Waals surface area contributed by atoms with E-state index in [0.29, 0.717) is 17.5 Å². The van der Waals surface area contributed by atoms with Gasteiger partial charge in [0.05, 0.1) is 17.8 Å². The Morgan fingerprint density at radius 3 is 2.55 bits per heavy atom. The van der Waals surface area contributed by atoms with Crippen LogP contribution in [0.2, 0.25) is 0 Å². The second-order valence-electron chi connectivity index (χ2n) is 5.76. The van der Waals surface area contributed by atoms with Crippen molar-refractivity contribution in [2.75, 3.05) is 18.0 Å². The van der Waals surface area contributed by atoms with Crippen LogP contribution >= 0.6 is 0 Å². The third-order valence-electron chi connectivity index (χ3n) is 4.09. The average Bonchev–Trinajstić information content (AvgIpc) is 2.96. The molecule has 0 saturated carbocycles. The molecule has 2 aromatic rings. The molecule has 22 heavy (non-hydrogen) atoms. The summed E-state index contributed by atoms with van der Waals surface area (Å²) >= 11 is 0. The van der Waals surface area contributed by atoms with Crippen LogP contribution in [0, 0.1) is 6.92 Å². The van der Waals surface area contributed by atoms with Crippen LogP contribution in [0.3, 0.4) is 0 Å². The second kappa shape index (κ2) is 5.36. The maximum absolute atomic E-state index is 10.8. The third kappa shape index (κ3) is 2.63. The zero-order valence-corrected chi connectivity index (χ0v) is 12.5. The minimum absolute atomic E-state index is 0.0491. The van der Waals surface area contributed by atoms with Gasteiger partial charge in [-0.3, -0.25) is 0 Å². The van der Waals surface area contributed by atoms with Crippen LogP contribution < -0.4 is 4.90 Å². The van der Waals surface area contributed by atoms with Crippen LogP contribution in [-0.4, -0.2) is 44.3 Å². The molecule has 3 rings (SSSR count). The Morgan fingerprint density at radius 1 is 1.32 bits per heavy atom. The van der Waals surface area contributed by atoms with Gasteiger partial charge in [0.1, 0.15) is 5.82 Å². The molecule has 1 saturated heterocycles. The number of rotatable bonds is 3. The van der Waals surface area contributed by atoms with Crippen molar-refractivity contribution in [3.63, 3.8) is 0 Å². The summed E-state index contributed by atoms with van der Waals surface area (Å²) in [7, 11) is 0. The molecule has 2 aromatic heterocycles. The van der Waals surface area contributed by atoms with E-state index >= 15 is 0 Å². The molecule has 0 radical (unpaired) electrons. The summed E-state index contributed by atoms with van der Waals surface area (Å²) in [6, 6.07) is 0. The van der Waals surface area contributed by atoms with Gasteiger partial charge in [-0.1, -0.05) is 12.1 Å². The van der Waals surface area contributed by atoms with Crippen molar-refractivity contribution >= 4 is 11.8 Å². The van der Waals surface area contributed by atoms with Crippen LogP contribution in [0.4, 0.5) is 5.82 Å². The van der Waals surface area contributed by atoms with Gasteiger partial charge in [-0.2, -0.15) is 4.98 Å². The van der Waals surface area contributed by atoms with Crippen molar-refractivity contribution < 1.29 is 14.4 Å². The molecule has 1 N–H and O–H groups in total. The number of aryl methyl sites for hydroxylation is 1. The van der Waals surface area contributed by atoms with Crippen molar-refractivity contribution in [1.29, 1.82) is 0 Å². The smallest absolute Gasteiger partial charge is 0.356 e. The van der Waals surface area contributed by atoms with E-state index in [1.807, 2.05) is 6.92 Å². The number of piperidine rings is 1. The lowest BCUT2D eigenvalue weighted by molar-refractivity contribution is 0.0690. The maximum atomic E-state index is 10.8. The topological polar surface area (TPSA) is 105 Å². The molecular weight excluding hydrogens is 286 g/mol. The lowest BCUT2D eigenvalue weighted by Gasteiger charge is -2.37. The van der Waals surface area contributed by atoms with Gasteiger partial charge in [0.15, 0.2) is 11.5 Å². The van der Waals surface area contributed by atoms with Gasteiger partial charge in [0, 0.05) is 13.1 Å². The molecule has 0 atom stereocenters. The predicted molar refractivity (Wildman–Crippen MR) is 76.8 cm³/mol. The Kier molecular flexibility index (Phi) is 3.51. The van der Waals surface area contributed by atoms with Gasteiger partial charge in [-0.05, 0) is 19.8 Å². The predicted octanol–water partition coefficient (Wildman–Crippen LogP) is 1.42. The fourth-order valence-electron chi connectivity index (χ4n) is 2.58. The largest absolute Gasteiger partial charge is 0.476 e. The van der Waals surface area contributed by atoms with E-state index in [1.165, 1.54) is 12.4 Å². The first kappa shape index (κ1) is 14.4. The van der Waals surface area contributed by atoms with Gasteiger partial charge in [-0.25, -0.2) is 14.8 Å². The van der Waals surface area contributed by atoms with Crippen molar-refractivity contribution in [2.45, 2.75) is 32.1 Å². The van der Waals surface area contributed by atoms with Gasteiger partial charge < -0.3 is 14.5 Å². The van der Waals surface area contributed by atoms with E-state index in [2.05, 4.69) is 31.9 Å². The maximum Gasteiger partial charge on any atom is 0.356 e. The first-order valence-electron chi connectivity index (χ1n) is 7.09. The summed E-state index contributed by atoms with van der Waals surface area (Å²) in [5.41, 5.74) is -0.182. The Hall–Kier alpha value is -2.51. The van der Waals surface area contributed by atoms with Crippen LogP contribution in [0.5, 0.6) is 0 Å². The molecule has 8 nitrogen and oxygen atoms in total. The summed E-state index contributed by atoms with van der Waals surface area (Å²) in [5, 5.41) is 12.7. The Bertz CT molecular complexity index is 674. The highest BCUT2D eigenvalue weighted by molar-refractivity contribution is 5.84. The van der Waals surface area contributed by atoms with E-state index in [-0.39, 0.29) is 11.1 Å². The third-order valence-corrected chi connectivity index (χ3v) is 4.09. The molecule has 1 aliphatic heterocycles. The number of aromatic nitrogens is 4. The lowest BCUT2D eigenvalue weighted by atomic mass is 9.80. The number of anilines is 1. The molecular formula is C14H17N5O3. The van der Waals surface area contributed by atoms with E-state index < -0.39 is 5.97 Å². The Balaban J connectivity index is 1.70. The summed E-state index contributed by atoms with van der Waals surface area (Å²) in [5.74, 6) is 0.941. The molecule has 0 aliphatic carbocycles. The number of nitrogens with zero attached hydrogens (tertiary/aromatic N) is 5. The van der Waals surface area contributed by atoms with Crippen LogP contribution in [0.25, 0.3) is 0 Å². The normalized spacial score (nSPS) is 17.5. The number of aromatic carboxylic acids is 1. The highest BCUT2D eigenvalue weighted by Crippen LogP contribution is 2.34. The second-order valence-corrected chi connectivity index (χ2v) is 5.76. The molecule has 0 unspecified atom stereocenters. The van der Waals surface area contributed by atoms with Gasteiger partial charge in [0.2, 0.25) is 5.89 Å². The minimum Gasteiger partial charge on any atom is -0.476 e. The van der Waals surface area contributed by atoms with Gasteiger partial charge in [0.25, 0.3) is 0 Å². The number of hydrogen-bond donors (Lipinski definition) is 1. The molecule has 8 heteroatoms. The molecule has 116 valence electrons. The van der Waals surface area contributed by atoms with E-state index in [4.69, 9.17) is 9.63 Å². The van der Waals surface area contributed by atoms with Crippen LogP contribution in [0.1, 0.15) is 42.0 Å². The fraction of sp³-hybridized carbons (Fsp3) is 0.500. The van der Waals surface area contributed by atoms with Crippen LogP contribution in [-0.2, 0) is 5.41 Å². The quantitative estimate of drug-likeness (QED) is 0.907. The first-order chi connectivity index (χ1) is 10.5. The van der Waals surface area contributed by atoms with E-state index in [0.717, 1.165) is 25.9 Å². The number of carboxylic acid groups (broad SMARTS) is 1. The summed E-state index contributed by atoms with van der Waals surface area (Å²) in [6.07, 6.45) is 4.50. The SMILES string of the molecule is Cc1noc(C2(C)CCN(c3cnc(C(=O)O)cn3)CC2)n1. The highest BCUT2D eigenvalue weighted by atomic mass is 16.5. The summed E-state index contributed by atoms with van der Waals surface area (Å²) < 4.78 is 5.32. The summed E-state index contributed by atoms with van der Waals surface area (Å²) in [6.45, 7) is 5.49.